The number of rotatable bonds is 6. The molecule has 2 aliphatic heterocycles. The van der Waals surface area contributed by atoms with E-state index in [-0.39, 0.29) is 34.8 Å². The summed E-state index contributed by atoms with van der Waals surface area (Å²) >= 11 is 0. The van der Waals surface area contributed by atoms with Gasteiger partial charge in [0, 0.05) is 37.5 Å². The van der Waals surface area contributed by atoms with Gasteiger partial charge in [-0.05, 0) is 48.8 Å². The van der Waals surface area contributed by atoms with Crippen molar-refractivity contribution in [1.82, 2.24) is 4.90 Å². The van der Waals surface area contributed by atoms with Crippen LogP contribution in [0.5, 0.6) is 17.2 Å². The number of hydrogen-bond acceptors (Lipinski definition) is 6. The maximum atomic E-state index is 13.6. The molecular weight excluding hydrogens is 432 g/mol. The van der Waals surface area contributed by atoms with Crippen LogP contribution >= 0.6 is 0 Å². The lowest BCUT2D eigenvalue weighted by Crippen LogP contribution is -2.37. The molecule has 3 N–H and O–H groups in total. The third-order valence-corrected chi connectivity index (χ3v) is 7.33. The fourth-order valence-electron chi connectivity index (χ4n) is 5.39. The van der Waals surface area contributed by atoms with Gasteiger partial charge in [-0.2, -0.15) is 0 Å². The van der Waals surface area contributed by atoms with E-state index >= 15 is 0 Å². The Morgan fingerprint density at radius 2 is 2.00 bits per heavy atom. The zero-order valence-corrected chi connectivity index (χ0v) is 19.6. The van der Waals surface area contributed by atoms with Crippen LogP contribution in [0.2, 0.25) is 0 Å². The van der Waals surface area contributed by atoms with Gasteiger partial charge in [0.25, 0.3) is 5.91 Å². The summed E-state index contributed by atoms with van der Waals surface area (Å²) in [5.41, 5.74) is 3.51. The van der Waals surface area contributed by atoms with E-state index in [1.54, 1.807) is 4.90 Å². The maximum absolute atomic E-state index is 13.6. The van der Waals surface area contributed by atoms with Crippen LogP contribution in [0.25, 0.3) is 0 Å². The number of nitrogens with zero attached hydrogens (tertiary/aromatic N) is 1. The SMILES string of the molecule is O=C(c1c(O)cc(O)cc1OCC1CCCCC1)N1CCc2cccc(NC3CCOC3)c2C1. The topological polar surface area (TPSA) is 91.3 Å². The second-order valence-corrected chi connectivity index (χ2v) is 9.78. The number of carbonyl (C=O) groups excluding carboxylic acids is 1. The lowest BCUT2D eigenvalue weighted by molar-refractivity contribution is 0.0725. The number of phenols is 2. The predicted molar refractivity (Wildman–Crippen MR) is 130 cm³/mol. The molecule has 1 unspecified atom stereocenters. The van der Waals surface area contributed by atoms with Crippen LogP contribution in [0.4, 0.5) is 5.69 Å². The Hall–Kier alpha value is -2.93. The van der Waals surface area contributed by atoms with Crippen molar-refractivity contribution in [1.29, 1.82) is 0 Å². The highest BCUT2D eigenvalue weighted by molar-refractivity contribution is 6.00. The van der Waals surface area contributed by atoms with Crippen molar-refractivity contribution in [2.24, 2.45) is 5.92 Å². The van der Waals surface area contributed by atoms with Crippen molar-refractivity contribution in [3.05, 3.63) is 47.0 Å². The van der Waals surface area contributed by atoms with E-state index in [4.69, 9.17) is 9.47 Å². The van der Waals surface area contributed by atoms with E-state index in [2.05, 4.69) is 23.5 Å². The minimum absolute atomic E-state index is 0.109. The molecule has 1 saturated heterocycles. The molecule has 7 nitrogen and oxygen atoms in total. The zero-order chi connectivity index (χ0) is 23.5. The normalized spacial score (nSPS) is 20.7. The molecule has 0 aromatic heterocycles. The van der Waals surface area contributed by atoms with Crippen molar-refractivity contribution in [3.63, 3.8) is 0 Å². The molecule has 182 valence electrons. The number of aromatic hydroxyl groups is 2. The first-order valence-electron chi connectivity index (χ1n) is 12.5. The van der Waals surface area contributed by atoms with Gasteiger partial charge in [0.1, 0.15) is 22.8 Å². The van der Waals surface area contributed by atoms with Gasteiger partial charge >= 0.3 is 0 Å². The molecule has 1 saturated carbocycles. The summed E-state index contributed by atoms with van der Waals surface area (Å²) in [6.07, 6.45) is 7.58. The van der Waals surface area contributed by atoms with Gasteiger partial charge in [-0.25, -0.2) is 0 Å². The van der Waals surface area contributed by atoms with Crippen molar-refractivity contribution in [3.8, 4) is 17.2 Å². The molecule has 0 radical (unpaired) electrons. The monoisotopic (exact) mass is 466 g/mol. The summed E-state index contributed by atoms with van der Waals surface area (Å²) in [5.74, 6) is 0.0661. The molecule has 7 heteroatoms. The minimum atomic E-state index is -0.277. The van der Waals surface area contributed by atoms with E-state index in [9.17, 15) is 15.0 Å². The molecule has 1 atom stereocenters. The Morgan fingerprint density at radius 1 is 1.15 bits per heavy atom. The molecule has 5 rings (SSSR count). The molecular formula is C27H34N2O5. The molecule has 0 spiro atoms. The third kappa shape index (κ3) is 4.94. The highest BCUT2D eigenvalue weighted by Gasteiger charge is 2.29. The Bertz CT molecular complexity index is 1030. The van der Waals surface area contributed by atoms with Crippen molar-refractivity contribution in [2.75, 3.05) is 31.7 Å². The van der Waals surface area contributed by atoms with Crippen LogP contribution in [-0.2, 0) is 17.7 Å². The number of benzene rings is 2. The van der Waals surface area contributed by atoms with E-state index in [1.807, 2.05) is 0 Å². The van der Waals surface area contributed by atoms with Crippen molar-refractivity contribution in [2.45, 2.75) is 57.5 Å². The molecule has 34 heavy (non-hydrogen) atoms. The van der Waals surface area contributed by atoms with Gasteiger partial charge in [0.15, 0.2) is 0 Å². The largest absolute Gasteiger partial charge is 0.508 e. The number of anilines is 1. The highest BCUT2D eigenvalue weighted by atomic mass is 16.5. The standard InChI is InChI=1S/C27H34N2O5/c30-21-13-24(31)26(25(14-21)34-16-18-5-2-1-3-6-18)27(32)29-11-9-19-7-4-8-23(22(19)15-29)28-20-10-12-33-17-20/h4,7-8,13-14,18,20,28,30-31H,1-3,5-6,9-12,15-17H2. The van der Waals surface area contributed by atoms with Crippen LogP contribution in [0.15, 0.2) is 30.3 Å². The van der Waals surface area contributed by atoms with Crippen LogP contribution in [-0.4, -0.2) is 53.4 Å². The average molecular weight is 467 g/mol. The summed E-state index contributed by atoms with van der Waals surface area (Å²) < 4.78 is 11.5. The average Bonchev–Trinajstić information content (AvgIpc) is 3.36. The molecule has 1 aliphatic carbocycles. The smallest absolute Gasteiger partial charge is 0.261 e. The third-order valence-electron chi connectivity index (χ3n) is 7.33. The van der Waals surface area contributed by atoms with Gasteiger partial charge in [-0.15, -0.1) is 0 Å². The van der Waals surface area contributed by atoms with Crippen LogP contribution < -0.4 is 10.1 Å². The van der Waals surface area contributed by atoms with Gasteiger partial charge in [0.2, 0.25) is 0 Å². The predicted octanol–water partition coefficient (Wildman–Crippen LogP) is 4.46. The number of carbonyl (C=O) groups is 1. The highest BCUT2D eigenvalue weighted by Crippen LogP contribution is 2.37. The van der Waals surface area contributed by atoms with E-state index in [0.29, 0.717) is 32.2 Å². The number of amides is 1. The van der Waals surface area contributed by atoms with E-state index in [0.717, 1.165) is 43.5 Å². The lowest BCUT2D eigenvalue weighted by Gasteiger charge is -2.32. The second-order valence-electron chi connectivity index (χ2n) is 9.78. The molecule has 0 bridgehead atoms. The number of nitrogens with one attached hydrogen (secondary N) is 1. The summed E-state index contributed by atoms with van der Waals surface area (Å²) in [6.45, 7) is 2.96. The zero-order valence-electron chi connectivity index (χ0n) is 19.6. The second kappa shape index (κ2) is 10.1. The summed E-state index contributed by atoms with van der Waals surface area (Å²) in [7, 11) is 0. The first-order chi connectivity index (χ1) is 16.6. The summed E-state index contributed by atoms with van der Waals surface area (Å²) in [4.78, 5) is 15.4. The fourth-order valence-corrected chi connectivity index (χ4v) is 5.39. The fraction of sp³-hybridized carbons (Fsp3) is 0.519. The Balaban J connectivity index is 1.36. The minimum Gasteiger partial charge on any atom is -0.508 e. The summed E-state index contributed by atoms with van der Waals surface area (Å²) in [6, 6.07) is 9.16. The van der Waals surface area contributed by atoms with Gasteiger partial charge in [-0.1, -0.05) is 31.4 Å². The van der Waals surface area contributed by atoms with Crippen LogP contribution in [0.1, 0.15) is 60.0 Å². The number of ether oxygens (including phenoxy) is 2. The number of fused-ring (bicyclic) bond motifs is 1. The van der Waals surface area contributed by atoms with Gasteiger partial charge in [-0.3, -0.25) is 4.79 Å². The van der Waals surface area contributed by atoms with E-state index < -0.39 is 0 Å². The number of hydrogen-bond donors (Lipinski definition) is 3. The lowest BCUT2D eigenvalue weighted by atomic mass is 9.90. The first kappa shape index (κ1) is 22.8. The van der Waals surface area contributed by atoms with Crippen molar-refractivity contribution >= 4 is 11.6 Å². The number of phenolic OH excluding ortho intramolecular Hbond substituents is 2. The molecule has 2 heterocycles. The van der Waals surface area contributed by atoms with Crippen molar-refractivity contribution < 1.29 is 24.5 Å². The molecule has 2 aromatic rings. The maximum Gasteiger partial charge on any atom is 0.261 e. The molecule has 2 fully saturated rings. The first-order valence-corrected chi connectivity index (χ1v) is 12.5. The summed E-state index contributed by atoms with van der Waals surface area (Å²) in [5, 5.41) is 24.3. The molecule has 1 amide bonds. The van der Waals surface area contributed by atoms with Crippen LogP contribution in [0.3, 0.4) is 0 Å². The molecule has 2 aromatic carbocycles. The quantitative estimate of drug-likeness (QED) is 0.582. The Labute approximate surface area is 200 Å². The van der Waals surface area contributed by atoms with Gasteiger partial charge < -0.3 is 29.9 Å². The Morgan fingerprint density at radius 3 is 2.79 bits per heavy atom. The van der Waals surface area contributed by atoms with Gasteiger partial charge in [0.05, 0.1) is 19.3 Å². The molecule has 3 aliphatic rings. The van der Waals surface area contributed by atoms with E-state index in [1.165, 1.54) is 37.0 Å². The Kier molecular flexibility index (Phi) is 6.81. The van der Waals surface area contributed by atoms with Crippen LogP contribution in [0, 0.1) is 5.92 Å².